The van der Waals surface area contributed by atoms with Crippen molar-refractivity contribution in [1.82, 2.24) is 0 Å². The van der Waals surface area contributed by atoms with Crippen molar-refractivity contribution >= 4 is 11.9 Å². The summed E-state index contributed by atoms with van der Waals surface area (Å²) in [6.45, 7) is 9.61. The van der Waals surface area contributed by atoms with Crippen LogP contribution < -0.4 is 5.73 Å². The van der Waals surface area contributed by atoms with E-state index in [2.05, 4.69) is 13.8 Å². The van der Waals surface area contributed by atoms with Crippen LogP contribution in [-0.4, -0.2) is 28.2 Å². The van der Waals surface area contributed by atoms with Crippen LogP contribution in [0.2, 0.25) is 0 Å². The molecule has 1 rings (SSSR count). The Morgan fingerprint density at radius 1 is 0.957 bits per heavy atom. The number of carboxylic acids is 2. The molecule has 0 fully saturated rings. The number of hydrogen-bond donors (Lipinski definition) is 3. The van der Waals surface area contributed by atoms with Gasteiger partial charge in [0.25, 0.3) is 0 Å². The topological polar surface area (TPSA) is 101 Å². The van der Waals surface area contributed by atoms with E-state index in [1.807, 2.05) is 24.3 Å². The van der Waals surface area contributed by atoms with Gasteiger partial charge in [0, 0.05) is 0 Å². The number of nitrogens with two attached hydrogens (primary N) is 1. The van der Waals surface area contributed by atoms with Crippen molar-refractivity contribution in [3.63, 3.8) is 0 Å². The molecular formula is C18H29NO4. The molecule has 4 N–H and O–H groups in total. The Balaban J connectivity index is 0.000000515. The van der Waals surface area contributed by atoms with Crippen LogP contribution >= 0.6 is 0 Å². The zero-order chi connectivity index (χ0) is 18.2. The molecule has 0 heterocycles. The number of aliphatic carboxylic acids is 2. The van der Waals surface area contributed by atoms with Gasteiger partial charge in [-0.05, 0) is 36.3 Å². The average molecular weight is 323 g/mol. The summed E-state index contributed by atoms with van der Waals surface area (Å²) in [6, 6.07) is 7.16. The first-order valence-electron chi connectivity index (χ1n) is 7.86. The smallest absolute Gasteiger partial charge is 0.320 e. The zero-order valence-corrected chi connectivity index (χ0v) is 14.6. The lowest BCUT2D eigenvalue weighted by Gasteiger charge is -2.09. The van der Waals surface area contributed by atoms with Gasteiger partial charge in [0.1, 0.15) is 6.04 Å². The number of carbonyl (C=O) groups is 2. The molecule has 0 radical (unpaired) electrons. The summed E-state index contributed by atoms with van der Waals surface area (Å²) < 4.78 is 0. The number of benzene rings is 1. The highest BCUT2D eigenvalue weighted by atomic mass is 16.4. The molecule has 130 valence electrons. The fourth-order valence-corrected chi connectivity index (χ4v) is 1.84. The maximum absolute atomic E-state index is 10.8. The van der Waals surface area contributed by atoms with E-state index < -0.39 is 23.9 Å². The molecular weight excluding hydrogens is 294 g/mol. The molecule has 0 saturated carbocycles. The highest BCUT2D eigenvalue weighted by molar-refractivity contribution is 5.75. The number of rotatable bonds is 6. The number of hydrogen-bond acceptors (Lipinski definition) is 3. The van der Waals surface area contributed by atoms with Crippen molar-refractivity contribution in [3.05, 3.63) is 35.4 Å². The first-order valence-corrected chi connectivity index (χ1v) is 7.86. The standard InChI is InChI=1S/C13H18O2.C5H11NO2/c1-9(2)8-11-4-6-12(7-5-11)10(3)13(14)15;1-3(2)4(6)5(7)8/h4-7,9-10H,8H2,1-3H3,(H,14,15);3-4H,6H2,1-2H3,(H,7,8)/t;4-/m.0/s1. The molecule has 0 aliphatic rings. The molecule has 23 heavy (non-hydrogen) atoms. The van der Waals surface area contributed by atoms with E-state index in [4.69, 9.17) is 15.9 Å². The van der Waals surface area contributed by atoms with Crippen molar-refractivity contribution in [3.8, 4) is 0 Å². The third kappa shape index (κ3) is 8.35. The minimum Gasteiger partial charge on any atom is -0.481 e. The van der Waals surface area contributed by atoms with E-state index in [9.17, 15) is 9.59 Å². The van der Waals surface area contributed by atoms with Crippen LogP contribution in [0.1, 0.15) is 51.7 Å². The average Bonchev–Trinajstić information content (AvgIpc) is 2.46. The highest BCUT2D eigenvalue weighted by Gasteiger charge is 2.14. The summed E-state index contributed by atoms with van der Waals surface area (Å²) in [5.41, 5.74) is 7.30. The van der Waals surface area contributed by atoms with E-state index >= 15 is 0 Å². The molecule has 2 atom stereocenters. The summed E-state index contributed by atoms with van der Waals surface area (Å²) in [4.78, 5) is 20.8. The van der Waals surface area contributed by atoms with Crippen LogP contribution in [0.25, 0.3) is 0 Å². The highest BCUT2D eigenvalue weighted by Crippen LogP contribution is 2.17. The van der Waals surface area contributed by atoms with E-state index in [1.165, 1.54) is 5.56 Å². The first-order chi connectivity index (χ1) is 10.6. The Morgan fingerprint density at radius 2 is 1.43 bits per heavy atom. The van der Waals surface area contributed by atoms with E-state index in [1.54, 1.807) is 20.8 Å². The van der Waals surface area contributed by atoms with Gasteiger partial charge in [-0.1, -0.05) is 52.0 Å². The summed E-state index contributed by atoms with van der Waals surface area (Å²) in [5, 5.41) is 17.1. The number of carboxylic acid groups (broad SMARTS) is 2. The lowest BCUT2D eigenvalue weighted by molar-refractivity contribution is -0.140. The fourth-order valence-electron chi connectivity index (χ4n) is 1.84. The Bertz CT molecular complexity index is 494. The molecule has 0 aromatic heterocycles. The van der Waals surface area contributed by atoms with Gasteiger partial charge < -0.3 is 15.9 Å². The normalized spacial score (nSPS) is 13.2. The van der Waals surface area contributed by atoms with Gasteiger partial charge in [0.15, 0.2) is 0 Å². The van der Waals surface area contributed by atoms with Crippen LogP contribution in [0, 0.1) is 11.8 Å². The van der Waals surface area contributed by atoms with Crippen LogP contribution in [-0.2, 0) is 16.0 Å². The summed E-state index contributed by atoms with van der Waals surface area (Å²) >= 11 is 0. The Labute approximate surface area is 138 Å². The fraction of sp³-hybridized carbons (Fsp3) is 0.556. The van der Waals surface area contributed by atoms with Gasteiger partial charge in [-0.25, -0.2) is 0 Å². The molecule has 0 spiro atoms. The third-order valence-electron chi connectivity index (χ3n) is 3.50. The molecule has 0 saturated heterocycles. The van der Waals surface area contributed by atoms with Gasteiger partial charge >= 0.3 is 11.9 Å². The minimum absolute atomic E-state index is 0.0208. The van der Waals surface area contributed by atoms with Gasteiger partial charge in [0.05, 0.1) is 5.92 Å². The van der Waals surface area contributed by atoms with Crippen molar-refractivity contribution in [2.24, 2.45) is 17.6 Å². The Morgan fingerprint density at radius 3 is 1.70 bits per heavy atom. The van der Waals surface area contributed by atoms with Crippen LogP contribution in [0.15, 0.2) is 24.3 Å². The van der Waals surface area contributed by atoms with Crippen LogP contribution in [0.3, 0.4) is 0 Å². The van der Waals surface area contributed by atoms with Gasteiger partial charge in [-0.15, -0.1) is 0 Å². The lowest BCUT2D eigenvalue weighted by Crippen LogP contribution is -2.34. The molecule has 0 bridgehead atoms. The first kappa shape index (κ1) is 21.1. The predicted octanol–water partition coefficient (Wildman–Crippen LogP) is 3.13. The predicted molar refractivity (Wildman–Crippen MR) is 91.5 cm³/mol. The molecule has 1 aromatic carbocycles. The molecule has 1 aromatic rings. The third-order valence-corrected chi connectivity index (χ3v) is 3.50. The van der Waals surface area contributed by atoms with E-state index in [-0.39, 0.29) is 5.92 Å². The van der Waals surface area contributed by atoms with Gasteiger partial charge in [-0.3, -0.25) is 9.59 Å². The van der Waals surface area contributed by atoms with Crippen molar-refractivity contribution < 1.29 is 19.8 Å². The summed E-state index contributed by atoms with van der Waals surface area (Å²) in [7, 11) is 0. The molecule has 0 amide bonds. The monoisotopic (exact) mass is 323 g/mol. The SMILES string of the molecule is CC(C)Cc1ccc(C(C)C(=O)O)cc1.CC(C)[C@H](N)C(=O)O. The Hall–Kier alpha value is -1.88. The van der Waals surface area contributed by atoms with E-state index in [0.717, 1.165) is 12.0 Å². The molecule has 5 nitrogen and oxygen atoms in total. The van der Waals surface area contributed by atoms with Gasteiger partial charge in [0.2, 0.25) is 0 Å². The van der Waals surface area contributed by atoms with Gasteiger partial charge in [-0.2, -0.15) is 0 Å². The van der Waals surface area contributed by atoms with Crippen LogP contribution in [0.5, 0.6) is 0 Å². The summed E-state index contributed by atoms with van der Waals surface area (Å²) in [6.07, 6.45) is 1.04. The molecule has 1 unspecified atom stereocenters. The lowest BCUT2D eigenvalue weighted by atomic mass is 9.97. The molecule has 0 aliphatic heterocycles. The second kappa shape index (κ2) is 10.0. The second-order valence-electron chi connectivity index (χ2n) is 6.51. The maximum atomic E-state index is 10.8. The minimum atomic E-state index is -0.931. The Kier molecular flexibility index (Phi) is 9.18. The molecule has 0 aliphatic carbocycles. The zero-order valence-electron chi connectivity index (χ0n) is 14.6. The van der Waals surface area contributed by atoms with Crippen molar-refractivity contribution in [2.45, 2.75) is 53.0 Å². The second-order valence-corrected chi connectivity index (χ2v) is 6.51. The summed E-state index contributed by atoms with van der Waals surface area (Å²) in [5.74, 6) is -1.47. The van der Waals surface area contributed by atoms with Crippen molar-refractivity contribution in [2.75, 3.05) is 0 Å². The van der Waals surface area contributed by atoms with E-state index in [0.29, 0.717) is 5.92 Å². The molecule has 5 heteroatoms. The maximum Gasteiger partial charge on any atom is 0.320 e. The quantitative estimate of drug-likeness (QED) is 0.746. The largest absolute Gasteiger partial charge is 0.481 e. The van der Waals surface area contributed by atoms with Crippen molar-refractivity contribution in [1.29, 1.82) is 0 Å². The van der Waals surface area contributed by atoms with Crippen LogP contribution in [0.4, 0.5) is 0 Å².